The Balaban J connectivity index is 2.05. The number of hydrogen-bond donors (Lipinski definition) is 5. The molecule has 1 atom stereocenters. The standard InChI is InChI=1S/C40H70N4O13/c45-23-26-56-28-27-54-25-20-42-36(47)32-57-30-29-55-24-19-41-35(46)31-34(40(52)53)43-39(51)33-17-21-44(22-18-33)37(48)15-13-11-9-7-5-3-1-2-4-6-8-10-12-14-16-38(49)50/h23,33-34H,1-22,24-32H2,(H,41,46)(H,42,47)(H,43,51)(H,49,50)(H,52,53)/t34-/m1/s1. The van der Waals surface area contributed by atoms with E-state index in [-0.39, 0.29) is 57.8 Å². The summed E-state index contributed by atoms with van der Waals surface area (Å²) in [5.41, 5.74) is 0. The molecular weight excluding hydrogens is 744 g/mol. The molecule has 1 heterocycles. The molecule has 0 aromatic carbocycles. The summed E-state index contributed by atoms with van der Waals surface area (Å²) in [7, 11) is 0. The minimum atomic E-state index is -1.38. The quantitative estimate of drug-likeness (QED) is 0.0446. The summed E-state index contributed by atoms with van der Waals surface area (Å²) in [5.74, 6) is -3.67. The number of rotatable bonds is 38. The highest BCUT2D eigenvalue weighted by Crippen LogP contribution is 2.20. The van der Waals surface area contributed by atoms with Gasteiger partial charge >= 0.3 is 11.9 Å². The number of ether oxygens (including phenoxy) is 4. The van der Waals surface area contributed by atoms with Crippen LogP contribution in [0.4, 0.5) is 0 Å². The zero-order valence-corrected chi connectivity index (χ0v) is 34.0. The Labute approximate surface area is 338 Å². The predicted octanol–water partition coefficient (Wildman–Crippen LogP) is 3.01. The Kier molecular flexibility index (Phi) is 32.0. The molecule has 1 aliphatic heterocycles. The van der Waals surface area contributed by atoms with Crippen molar-refractivity contribution in [1.29, 1.82) is 0 Å². The molecule has 0 aromatic rings. The Morgan fingerprint density at radius 2 is 1.09 bits per heavy atom. The lowest BCUT2D eigenvalue weighted by molar-refractivity contribution is -0.144. The van der Waals surface area contributed by atoms with Crippen LogP contribution in [0.15, 0.2) is 0 Å². The minimum Gasteiger partial charge on any atom is -0.481 e. The maximum Gasteiger partial charge on any atom is 0.326 e. The van der Waals surface area contributed by atoms with Crippen LogP contribution in [-0.2, 0) is 52.5 Å². The van der Waals surface area contributed by atoms with E-state index in [0.717, 1.165) is 38.5 Å². The molecule has 0 aromatic heterocycles. The van der Waals surface area contributed by atoms with Crippen molar-refractivity contribution >= 4 is 41.9 Å². The van der Waals surface area contributed by atoms with E-state index in [1.165, 1.54) is 51.4 Å². The van der Waals surface area contributed by atoms with Gasteiger partial charge in [0.05, 0.1) is 46.1 Å². The van der Waals surface area contributed by atoms with Crippen LogP contribution in [0.5, 0.6) is 0 Å². The van der Waals surface area contributed by atoms with Crippen molar-refractivity contribution in [2.45, 2.75) is 128 Å². The fourth-order valence-corrected chi connectivity index (χ4v) is 6.28. The van der Waals surface area contributed by atoms with Crippen molar-refractivity contribution in [2.75, 3.05) is 79.0 Å². The predicted molar refractivity (Wildman–Crippen MR) is 210 cm³/mol. The number of carbonyl (C=O) groups excluding carboxylic acids is 5. The van der Waals surface area contributed by atoms with Crippen LogP contribution in [0.25, 0.3) is 0 Å². The smallest absolute Gasteiger partial charge is 0.326 e. The summed E-state index contributed by atoms with van der Waals surface area (Å²) in [6.07, 6.45) is 17.5. The largest absolute Gasteiger partial charge is 0.481 e. The number of carboxylic acids is 2. The molecule has 0 radical (unpaired) electrons. The normalized spacial score (nSPS) is 13.5. The zero-order valence-electron chi connectivity index (χ0n) is 34.0. The first kappa shape index (κ1) is 51.3. The highest BCUT2D eigenvalue weighted by molar-refractivity contribution is 5.89. The van der Waals surface area contributed by atoms with Crippen LogP contribution < -0.4 is 16.0 Å². The molecule has 17 nitrogen and oxygen atoms in total. The van der Waals surface area contributed by atoms with E-state index in [4.69, 9.17) is 24.1 Å². The molecule has 0 unspecified atom stereocenters. The van der Waals surface area contributed by atoms with Crippen LogP contribution in [0.1, 0.15) is 122 Å². The summed E-state index contributed by atoms with van der Waals surface area (Å²) in [6.45, 7) is 2.52. The monoisotopic (exact) mass is 814 g/mol. The third-order valence-electron chi connectivity index (χ3n) is 9.55. The third-order valence-corrected chi connectivity index (χ3v) is 9.55. The van der Waals surface area contributed by atoms with Gasteiger partial charge in [0.2, 0.25) is 23.6 Å². The second-order valence-corrected chi connectivity index (χ2v) is 14.3. The average molecular weight is 815 g/mol. The molecule has 5 N–H and O–H groups in total. The first-order valence-electron chi connectivity index (χ1n) is 20.9. The van der Waals surface area contributed by atoms with Gasteiger partial charge in [-0.1, -0.05) is 77.0 Å². The average Bonchev–Trinajstić information content (AvgIpc) is 3.19. The number of nitrogens with zero attached hydrogens (tertiary/aromatic N) is 1. The van der Waals surface area contributed by atoms with Crippen molar-refractivity contribution in [3.8, 4) is 0 Å². The topological polar surface area (TPSA) is 236 Å². The lowest BCUT2D eigenvalue weighted by Crippen LogP contribution is -2.49. The summed E-state index contributed by atoms with van der Waals surface area (Å²) in [5, 5.41) is 26.0. The lowest BCUT2D eigenvalue weighted by Gasteiger charge is -2.32. The van der Waals surface area contributed by atoms with Crippen molar-refractivity contribution < 1.29 is 62.7 Å². The van der Waals surface area contributed by atoms with E-state index < -0.39 is 42.1 Å². The number of piperidine rings is 1. The van der Waals surface area contributed by atoms with Gasteiger partial charge in [-0.15, -0.1) is 0 Å². The van der Waals surface area contributed by atoms with Crippen molar-refractivity contribution in [1.82, 2.24) is 20.9 Å². The molecule has 1 fully saturated rings. The maximum atomic E-state index is 12.9. The molecule has 17 heteroatoms. The molecular formula is C40H70N4O13. The van der Waals surface area contributed by atoms with E-state index in [9.17, 15) is 38.7 Å². The van der Waals surface area contributed by atoms with Crippen LogP contribution in [-0.4, -0.2) is 142 Å². The molecule has 0 bridgehead atoms. The molecule has 1 saturated heterocycles. The third kappa shape index (κ3) is 30.1. The van der Waals surface area contributed by atoms with E-state index >= 15 is 0 Å². The number of aliphatic carboxylic acids is 2. The van der Waals surface area contributed by atoms with E-state index in [2.05, 4.69) is 16.0 Å². The fourth-order valence-electron chi connectivity index (χ4n) is 6.28. The Morgan fingerprint density at radius 3 is 1.60 bits per heavy atom. The van der Waals surface area contributed by atoms with Gasteiger partial charge in [0, 0.05) is 44.9 Å². The first-order valence-corrected chi connectivity index (χ1v) is 20.9. The van der Waals surface area contributed by atoms with Crippen LogP contribution in [0.3, 0.4) is 0 Å². The fraction of sp³-hybridized carbons (Fsp3) is 0.825. The van der Waals surface area contributed by atoms with Crippen molar-refractivity contribution in [3.63, 3.8) is 0 Å². The van der Waals surface area contributed by atoms with E-state index in [0.29, 0.717) is 65.0 Å². The summed E-state index contributed by atoms with van der Waals surface area (Å²) < 4.78 is 20.8. The molecule has 0 aliphatic carbocycles. The van der Waals surface area contributed by atoms with Gasteiger partial charge < -0.3 is 54.8 Å². The molecule has 57 heavy (non-hydrogen) atoms. The number of carbonyl (C=O) groups is 7. The highest BCUT2D eigenvalue weighted by Gasteiger charge is 2.31. The molecule has 0 saturated carbocycles. The molecule has 328 valence electrons. The Morgan fingerprint density at radius 1 is 0.614 bits per heavy atom. The van der Waals surface area contributed by atoms with Gasteiger partial charge in [0.25, 0.3) is 0 Å². The van der Waals surface area contributed by atoms with Gasteiger partial charge in [0.15, 0.2) is 0 Å². The van der Waals surface area contributed by atoms with Crippen LogP contribution in [0.2, 0.25) is 0 Å². The SMILES string of the molecule is O=CCOCCOCCNC(=O)COCCOCCNC(=O)C[C@@H](NC(=O)C1CCN(C(=O)CCCCCCCCCCCCCCCCC(=O)O)CC1)C(=O)O. The molecule has 4 amide bonds. The van der Waals surface area contributed by atoms with Crippen LogP contribution >= 0.6 is 0 Å². The number of nitrogens with one attached hydrogen (secondary N) is 3. The van der Waals surface area contributed by atoms with Crippen molar-refractivity contribution in [3.05, 3.63) is 0 Å². The summed E-state index contributed by atoms with van der Waals surface area (Å²) in [6, 6.07) is -1.38. The number of likely N-dealkylation sites (tertiary alicyclic amines) is 1. The molecule has 1 rings (SSSR count). The zero-order chi connectivity index (χ0) is 41.8. The van der Waals surface area contributed by atoms with E-state index in [1.54, 1.807) is 4.90 Å². The van der Waals surface area contributed by atoms with Gasteiger partial charge in [0.1, 0.15) is 25.5 Å². The summed E-state index contributed by atoms with van der Waals surface area (Å²) in [4.78, 5) is 83.9. The number of unbranched alkanes of at least 4 members (excludes halogenated alkanes) is 13. The number of aldehydes is 1. The number of hydrogen-bond acceptors (Lipinski definition) is 11. The minimum absolute atomic E-state index is 0.0189. The Hall–Kier alpha value is -3.67. The van der Waals surface area contributed by atoms with Crippen LogP contribution in [0, 0.1) is 5.92 Å². The van der Waals surface area contributed by atoms with Gasteiger partial charge in [-0.25, -0.2) is 4.79 Å². The highest BCUT2D eigenvalue weighted by atomic mass is 16.5. The second kappa shape index (κ2) is 35.5. The number of amides is 4. The molecule has 0 spiro atoms. The lowest BCUT2D eigenvalue weighted by atomic mass is 9.95. The van der Waals surface area contributed by atoms with Gasteiger partial charge in [-0.3, -0.25) is 24.0 Å². The Bertz CT molecular complexity index is 1130. The first-order chi connectivity index (χ1) is 27.6. The molecule has 1 aliphatic rings. The van der Waals surface area contributed by atoms with E-state index in [1.807, 2.05) is 0 Å². The maximum absolute atomic E-state index is 12.9. The van der Waals surface area contributed by atoms with Gasteiger partial charge in [-0.2, -0.15) is 0 Å². The summed E-state index contributed by atoms with van der Waals surface area (Å²) >= 11 is 0. The second-order valence-electron chi connectivity index (χ2n) is 14.3. The van der Waals surface area contributed by atoms with Crippen molar-refractivity contribution in [2.24, 2.45) is 5.92 Å². The van der Waals surface area contributed by atoms with Gasteiger partial charge in [-0.05, 0) is 25.7 Å². The number of carboxylic acid groups (broad SMARTS) is 2.